The van der Waals surface area contributed by atoms with E-state index in [9.17, 15) is 5.11 Å². The summed E-state index contributed by atoms with van der Waals surface area (Å²) in [4.78, 5) is 0. The van der Waals surface area contributed by atoms with E-state index in [2.05, 4.69) is 25.7 Å². The molecule has 2 nitrogen and oxygen atoms in total. The minimum atomic E-state index is -0.578. The molecular formula is C10H19NO. The van der Waals surface area contributed by atoms with Crippen molar-refractivity contribution in [1.82, 2.24) is 5.32 Å². The van der Waals surface area contributed by atoms with E-state index in [1.165, 1.54) is 0 Å². The van der Waals surface area contributed by atoms with Crippen molar-refractivity contribution in [2.45, 2.75) is 26.4 Å². The average Bonchev–Trinajstić information content (AvgIpc) is 2.32. The van der Waals surface area contributed by atoms with E-state index >= 15 is 0 Å². The average molecular weight is 169 g/mol. The minimum Gasteiger partial charge on any atom is -0.388 e. The highest BCUT2D eigenvalue weighted by Crippen LogP contribution is 2.33. The van der Waals surface area contributed by atoms with Gasteiger partial charge in [-0.3, -0.25) is 0 Å². The highest BCUT2D eigenvalue weighted by Gasteiger charge is 2.43. The van der Waals surface area contributed by atoms with Gasteiger partial charge in [-0.15, -0.1) is 0 Å². The van der Waals surface area contributed by atoms with Crippen LogP contribution in [0.15, 0.2) is 12.2 Å². The standard InChI is InChI=1S/C10H19NO/c1-7(2)9-5-11-6-10(9,12)8(3)4/h8-9,11-12H,1,5-6H2,2-4H3. The lowest BCUT2D eigenvalue weighted by Crippen LogP contribution is -2.43. The van der Waals surface area contributed by atoms with E-state index in [1.54, 1.807) is 0 Å². The Kier molecular flexibility index (Phi) is 2.59. The van der Waals surface area contributed by atoms with Crippen molar-refractivity contribution in [3.05, 3.63) is 12.2 Å². The monoisotopic (exact) mass is 169 g/mol. The highest BCUT2D eigenvalue weighted by atomic mass is 16.3. The molecule has 12 heavy (non-hydrogen) atoms. The number of aliphatic hydroxyl groups is 1. The van der Waals surface area contributed by atoms with Crippen LogP contribution in [0.2, 0.25) is 0 Å². The molecule has 0 amide bonds. The summed E-state index contributed by atoms with van der Waals surface area (Å²) in [7, 11) is 0. The summed E-state index contributed by atoms with van der Waals surface area (Å²) in [5.74, 6) is 0.506. The Morgan fingerprint density at radius 3 is 2.58 bits per heavy atom. The first-order chi connectivity index (χ1) is 5.48. The van der Waals surface area contributed by atoms with Crippen LogP contribution in [0.4, 0.5) is 0 Å². The van der Waals surface area contributed by atoms with Crippen LogP contribution in [-0.2, 0) is 0 Å². The molecule has 1 aliphatic heterocycles. The molecule has 0 aromatic heterocycles. The maximum atomic E-state index is 10.3. The Bertz CT molecular complexity index is 188. The van der Waals surface area contributed by atoms with Gasteiger partial charge in [-0.2, -0.15) is 0 Å². The molecule has 2 atom stereocenters. The molecule has 0 aromatic rings. The first kappa shape index (κ1) is 9.75. The van der Waals surface area contributed by atoms with Crippen LogP contribution in [0.3, 0.4) is 0 Å². The third kappa shape index (κ3) is 1.41. The van der Waals surface area contributed by atoms with Crippen molar-refractivity contribution in [3.8, 4) is 0 Å². The Hall–Kier alpha value is -0.340. The van der Waals surface area contributed by atoms with Crippen LogP contribution in [0, 0.1) is 11.8 Å². The molecule has 2 N–H and O–H groups in total. The fourth-order valence-corrected chi connectivity index (χ4v) is 1.92. The molecule has 2 unspecified atom stereocenters. The van der Waals surface area contributed by atoms with Crippen LogP contribution in [0.1, 0.15) is 20.8 Å². The normalized spacial score (nSPS) is 35.9. The second-order valence-corrected chi connectivity index (χ2v) is 4.18. The first-order valence-corrected chi connectivity index (χ1v) is 4.57. The third-order valence-electron chi connectivity index (χ3n) is 2.95. The van der Waals surface area contributed by atoms with Crippen LogP contribution in [-0.4, -0.2) is 23.8 Å². The molecule has 1 heterocycles. The lowest BCUT2D eigenvalue weighted by Gasteiger charge is -2.33. The summed E-state index contributed by atoms with van der Waals surface area (Å²) in [6, 6.07) is 0. The summed E-state index contributed by atoms with van der Waals surface area (Å²) < 4.78 is 0. The summed E-state index contributed by atoms with van der Waals surface area (Å²) >= 11 is 0. The van der Waals surface area contributed by atoms with E-state index in [-0.39, 0.29) is 11.8 Å². The van der Waals surface area contributed by atoms with Crippen molar-refractivity contribution < 1.29 is 5.11 Å². The van der Waals surface area contributed by atoms with Crippen molar-refractivity contribution in [1.29, 1.82) is 0 Å². The van der Waals surface area contributed by atoms with Gasteiger partial charge in [-0.05, 0) is 12.8 Å². The van der Waals surface area contributed by atoms with Crippen molar-refractivity contribution >= 4 is 0 Å². The van der Waals surface area contributed by atoms with Crippen molar-refractivity contribution in [2.24, 2.45) is 11.8 Å². The van der Waals surface area contributed by atoms with E-state index in [4.69, 9.17) is 0 Å². The van der Waals surface area contributed by atoms with Crippen LogP contribution >= 0.6 is 0 Å². The van der Waals surface area contributed by atoms with E-state index in [0.717, 1.165) is 12.1 Å². The smallest absolute Gasteiger partial charge is 0.0871 e. The number of nitrogens with one attached hydrogen (secondary N) is 1. The third-order valence-corrected chi connectivity index (χ3v) is 2.95. The van der Waals surface area contributed by atoms with Gasteiger partial charge in [0.15, 0.2) is 0 Å². The molecule has 1 saturated heterocycles. The molecule has 1 fully saturated rings. The maximum absolute atomic E-state index is 10.3. The van der Waals surface area contributed by atoms with Gasteiger partial charge >= 0.3 is 0 Å². The predicted octanol–water partition coefficient (Wildman–Crippen LogP) is 1.17. The molecule has 0 bridgehead atoms. The molecule has 0 spiro atoms. The van der Waals surface area contributed by atoms with Crippen molar-refractivity contribution in [2.75, 3.05) is 13.1 Å². The first-order valence-electron chi connectivity index (χ1n) is 4.57. The fourth-order valence-electron chi connectivity index (χ4n) is 1.92. The molecule has 0 aliphatic carbocycles. The SMILES string of the molecule is C=C(C)C1CNCC1(O)C(C)C. The minimum absolute atomic E-state index is 0.220. The predicted molar refractivity (Wildman–Crippen MR) is 51.0 cm³/mol. The largest absolute Gasteiger partial charge is 0.388 e. The van der Waals surface area contributed by atoms with Gasteiger partial charge in [0.05, 0.1) is 5.60 Å². The lowest BCUT2D eigenvalue weighted by molar-refractivity contribution is -0.0139. The van der Waals surface area contributed by atoms with E-state index in [1.807, 2.05) is 6.92 Å². The highest BCUT2D eigenvalue weighted by molar-refractivity contribution is 5.12. The molecule has 2 heteroatoms. The van der Waals surface area contributed by atoms with Gasteiger partial charge in [0.1, 0.15) is 0 Å². The quantitative estimate of drug-likeness (QED) is 0.608. The summed E-state index contributed by atoms with van der Waals surface area (Å²) in [6.07, 6.45) is 0. The zero-order valence-electron chi connectivity index (χ0n) is 8.22. The topological polar surface area (TPSA) is 32.3 Å². The van der Waals surface area contributed by atoms with E-state index in [0.29, 0.717) is 6.54 Å². The van der Waals surface area contributed by atoms with Gasteiger partial charge in [0, 0.05) is 19.0 Å². The fraction of sp³-hybridized carbons (Fsp3) is 0.800. The second-order valence-electron chi connectivity index (χ2n) is 4.18. The van der Waals surface area contributed by atoms with Crippen LogP contribution < -0.4 is 5.32 Å². The number of hydrogen-bond donors (Lipinski definition) is 2. The zero-order valence-corrected chi connectivity index (χ0v) is 8.22. The second kappa shape index (κ2) is 3.19. The molecule has 1 aliphatic rings. The van der Waals surface area contributed by atoms with Gasteiger partial charge in [-0.25, -0.2) is 0 Å². The van der Waals surface area contributed by atoms with E-state index < -0.39 is 5.60 Å². The lowest BCUT2D eigenvalue weighted by atomic mass is 9.78. The summed E-state index contributed by atoms with van der Waals surface area (Å²) in [5.41, 5.74) is 0.502. The number of hydrogen-bond acceptors (Lipinski definition) is 2. The molecule has 0 aromatic carbocycles. The van der Waals surface area contributed by atoms with Gasteiger partial charge in [-0.1, -0.05) is 26.0 Å². The summed E-state index contributed by atoms with van der Waals surface area (Å²) in [6.45, 7) is 11.6. The Morgan fingerprint density at radius 1 is 1.67 bits per heavy atom. The van der Waals surface area contributed by atoms with Gasteiger partial charge < -0.3 is 10.4 Å². The molecule has 70 valence electrons. The molecule has 1 rings (SSSR count). The summed E-state index contributed by atoms with van der Waals surface area (Å²) in [5, 5.41) is 13.5. The van der Waals surface area contributed by atoms with Gasteiger partial charge in [0.25, 0.3) is 0 Å². The Balaban J connectivity index is 2.81. The molecule has 0 saturated carbocycles. The Morgan fingerprint density at radius 2 is 2.25 bits per heavy atom. The van der Waals surface area contributed by atoms with Crippen LogP contribution in [0.25, 0.3) is 0 Å². The maximum Gasteiger partial charge on any atom is 0.0871 e. The van der Waals surface area contributed by atoms with Gasteiger partial charge in [0.2, 0.25) is 0 Å². The number of rotatable bonds is 2. The zero-order chi connectivity index (χ0) is 9.35. The molecule has 0 radical (unpaired) electrons. The number of β-amino-alcohol motifs (C(OH)–C–C–N with tert-alkyl or cyclic N) is 1. The van der Waals surface area contributed by atoms with Crippen LogP contribution in [0.5, 0.6) is 0 Å². The Labute approximate surface area is 74.7 Å². The van der Waals surface area contributed by atoms with Crippen molar-refractivity contribution in [3.63, 3.8) is 0 Å². The molecular weight excluding hydrogens is 150 g/mol.